The smallest absolute Gasteiger partial charge is 0.0623 e. The molecule has 1 aliphatic rings. The molecular weight excluding hydrogens is 236 g/mol. The zero-order chi connectivity index (χ0) is 11.2. The quantitative estimate of drug-likeness (QED) is 0.891. The summed E-state index contributed by atoms with van der Waals surface area (Å²) < 4.78 is 5.51. The van der Waals surface area contributed by atoms with Crippen molar-refractivity contribution in [2.24, 2.45) is 5.73 Å². The molecule has 0 bridgehead atoms. The first-order valence-corrected chi connectivity index (χ1v) is 5.96. The molecule has 0 amide bonds. The van der Waals surface area contributed by atoms with Gasteiger partial charge in [-0.3, -0.25) is 4.90 Å². The van der Waals surface area contributed by atoms with Gasteiger partial charge < -0.3 is 10.5 Å². The number of ether oxygens (including phenoxy) is 1. The fraction of sp³-hybridized carbons (Fsp3) is 0.538. The molecule has 1 saturated heterocycles. The minimum Gasteiger partial charge on any atom is -0.378 e. The van der Waals surface area contributed by atoms with Crippen molar-refractivity contribution in [2.45, 2.75) is 19.0 Å². The molecule has 1 fully saturated rings. The van der Waals surface area contributed by atoms with Gasteiger partial charge in [0.15, 0.2) is 0 Å². The van der Waals surface area contributed by atoms with Gasteiger partial charge in [0, 0.05) is 19.1 Å². The van der Waals surface area contributed by atoms with Gasteiger partial charge in [-0.2, -0.15) is 0 Å². The summed E-state index contributed by atoms with van der Waals surface area (Å²) in [6.07, 6.45) is 1.02. The van der Waals surface area contributed by atoms with E-state index in [1.165, 1.54) is 5.56 Å². The van der Waals surface area contributed by atoms with Crippen molar-refractivity contribution in [1.82, 2.24) is 4.90 Å². The largest absolute Gasteiger partial charge is 0.378 e. The lowest BCUT2D eigenvalue weighted by Gasteiger charge is -2.35. The molecule has 1 aromatic rings. The lowest BCUT2D eigenvalue weighted by molar-refractivity contribution is -0.0135. The second kappa shape index (κ2) is 7.67. The van der Waals surface area contributed by atoms with Gasteiger partial charge >= 0.3 is 0 Å². The van der Waals surface area contributed by atoms with Gasteiger partial charge in [-0.15, -0.1) is 12.4 Å². The zero-order valence-electron chi connectivity index (χ0n) is 10.0. The fourth-order valence-corrected chi connectivity index (χ4v) is 2.17. The summed E-state index contributed by atoms with van der Waals surface area (Å²) in [4.78, 5) is 2.48. The van der Waals surface area contributed by atoms with Crippen LogP contribution in [0.3, 0.4) is 0 Å². The minimum absolute atomic E-state index is 0. The Labute approximate surface area is 109 Å². The molecule has 2 rings (SSSR count). The van der Waals surface area contributed by atoms with Gasteiger partial charge in [0.2, 0.25) is 0 Å². The summed E-state index contributed by atoms with van der Waals surface area (Å²) in [6.45, 7) is 4.42. The van der Waals surface area contributed by atoms with Gasteiger partial charge in [0.1, 0.15) is 0 Å². The Balaban J connectivity index is 0.00000144. The highest BCUT2D eigenvalue weighted by Gasteiger charge is 2.21. The van der Waals surface area contributed by atoms with Crippen LogP contribution in [0.15, 0.2) is 30.3 Å². The Hall–Kier alpha value is -0.610. The summed E-state index contributed by atoms with van der Waals surface area (Å²) in [5.74, 6) is 0. The average molecular weight is 257 g/mol. The van der Waals surface area contributed by atoms with Crippen molar-refractivity contribution >= 4 is 12.4 Å². The van der Waals surface area contributed by atoms with E-state index in [9.17, 15) is 0 Å². The Morgan fingerprint density at radius 3 is 2.76 bits per heavy atom. The van der Waals surface area contributed by atoms with E-state index in [1.807, 2.05) is 0 Å². The zero-order valence-corrected chi connectivity index (χ0v) is 10.9. The van der Waals surface area contributed by atoms with E-state index in [2.05, 4.69) is 35.2 Å². The van der Waals surface area contributed by atoms with Gasteiger partial charge in [-0.25, -0.2) is 0 Å². The average Bonchev–Trinajstić information content (AvgIpc) is 2.33. The molecule has 0 spiro atoms. The number of rotatable bonds is 4. The Morgan fingerprint density at radius 2 is 2.06 bits per heavy atom. The number of hydrogen-bond donors (Lipinski definition) is 1. The molecule has 96 valence electrons. The van der Waals surface area contributed by atoms with Gasteiger partial charge in [-0.05, 0) is 18.5 Å². The summed E-state index contributed by atoms with van der Waals surface area (Å²) in [5, 5.41) is 0. The topological polar surface area (TPSA) is 38.5 Å². The third kappa shape index (κ3) is 4.28. The molecule has 1 heterocycles. The van der Waals surface area contributed by atoms with Crippen LogP contribution < -0.4 is 5.73 Å². The van der Waals surface area contributed by atoms with Crippen molar-refractivity contribution in [3.63, 3.8) is 0 Å². The molecule has 2 N–H and O–H groups in total. The summed E-state index contributed by atoms with van der Waals surface area (Å²) in [7, 11) is 0. The van der Waals surface area contributed by atoms with Crippen molar-refractivity contribution < 1.29 is 4.74 Å². The predicted molar refractivity (Wildman–Crippen MR) is 72.4 cm³/mol. The first-order chi connectivity index (χ1) is 7.90. The van der Waals surface area contributed by atoms with E-state index in [1.54, 1.807) is 0 Å². The number of nitrogens with zero attached hydrogens (tertiary/aromatic N) is 1. The molecule has 0 aliphatic carbocycles. The maximum absolute atomic E-state index is 5.63. The molecule has 1 aromatic carbocycles. The van der Waals surface area contributed by atoms with Crippen LogP contribution in [-0.2, 0) is 11.3 Å². The first kappa shape index (κ1) is 14.5. The van der Waals surface area contributed by atoms with E-state index in [0.29, 0.717) is 6.04 Å². The van der Waals surface area contributed by atoms with Crippen LogP contribution in [0.5, 0.6) is 0 Å². The van der Waals surface area contributed by atoms with Gasteiger partial charge in [0.05, 0.1) is 13.2 Å². The van der Waals surface area contributed by atoms with Crippen LogP contribution in [0.4, 0.5) is 0 Å². The highest BCUT2D eigenvalue weighted by molar-refractivity contribution is 5.85. The van der Waals surface area contributed by atoms with Crippen LogP contribution in [0.1, 0.15) is 12.0 Å². The van der Waals surface area contributed by atoms with Crippen LogP contribution in [0.25, 0.3) is 0 Å². The van der Waals surface area contributed by atoms with E-state index >= 15 is 0 Å². The van der Waals surface area contributed by atoms with Crippen LogP contribution in [0.2, 0.25) is 0 Å². The van der Waals surface area contributed by atoms with Gasteiger partial charge in [0.25, 0.3) is 0 Å². The third-order valence-electron chi connectivity index (χ3n) is 3.08. The maximum Gasteiger partial charge on any atom is 0.0623 e. The first-order valence-electron chi connectivity index (χ1n) is 5.96. The Bertz CT molecular complexity index is 306. The monoisotopic (exact) mass is 256 g/mol. The van der Waals surface area contributed by atoms with Crippen molar-refractivity contribution in [3.8, 4) is 0 Å². The number of morpholine rings is 1. The lowest BCUT2D eigenvalue weighted by atomic mass is 10.1. The normalized spacial score (nSPS) is 20.9. The number of halogens is 1. The van der Waals surface area contributed by atoms with E-state index in [-0.39, 0.29) is 12.4 Å². The standard InChI is InChI=1S/C13H20N2O.ClH/c14-7-6-13-11-16-9-8-15(13)10-12-4-2-1-3-5-12;/h1-5,13H,6-11,14H2;1H. The van der Waals surface area contributed by atoms with Crippen molar-refractivity contribution in [3.05, 3.63) is 35.9 Å². The molecular formula is C13H21ClN2O. The van der Waals surface area contributed by atoms with Crippen LogP contribution in [-0.4, -0.2) is 37.2 Å². The van der Waals surface area contributed by atoms with E-state index < -0.39 is 0 Å². The van der Waals surface area contributed by atoms with Crippen molar-refractivity contribution in [2.75, 3.05) is 26.3 Å². The molecule has 1 unspecified atom stereocenters. The van der Waals surface area contributed by atoms with Crippen molar-refractivity contribution in [1.29, 1.82) is 0 Å². The number of nitrogens with two attached hydrogens (primary N) is 1. The summed E-state index contributed by atoms with van der Waals surface area (Å²) in [5.41, 5.74) is 7.00. The molecule has 0 aromatic heterocycles. The number of benzene rings is 1. The molecule has 1 atom stereocenters. The second-order valence-corrected chi connectivity index (χ2v) is 4.26. The SMILES string of the molecule is Cl.NCCC1COCCN1Cc1ccccc1. The molecule has 0 saturated carbocycles. The number of hydrogen-bond acceptors (Lipinski definition) is 3. The molecule has 3 nitrogen and oxygen atoms in total. The van der Waals surface area contributed by atoms with E-state index in [0.717, 1.165) is 39.3 Å². The van der Waals surface area contributed by atoms with Crippen LogP contribution in [0, 0.1) is 0 Å². The highest BCUT2D eigenvalue weighted by Crippen LogP contribution is 2.14. The third-order valence-corrected chi connectivity index (χ3v) is 3.08. The maximum atomic E-state index is 5.63. The Morgan fingerprint density at radius 1 is 1.29 bits per heavy atom. The molecule has 0 radical (unpaired) electrons. The fourth-order valence-electron chi connectivity index (χ4n) is 2.17. The lowest BCUT2D eigenvalue weighted by Crippen LogP contribution is -2.45. The summed E-state index contributed by atoms with van der Waals surface area (Å²) >= 11 is 0. The molecule has 4 heteroatoms. The second-order valence-electron chi connectivity index (χ2n) is 4.26. The van der Waals surface area contributed by atoms with Gasteiger partial charge in [-0.1, -0.05) is 30.3 Å². The minimum atomic E-state index is 0. The van der Waals surface area contributed by atoms with Crippen LogP contribution >= 0.6 is 12.4 Å². The summed E-state index contributed by atoms with van der Waals surface area (Å²) in [6, 6.07) is 11.1. The Kier molecular flexibility index (Phi) is 6.52. The molecule has 17 heavy (non-hydrogen) atoms. The highest BCUT2D eigenvalue weighted by atomic mass is 35.5. The molecule has 1 aliphatic heterocycles. The van der Waals surface area contributed by atoms with E-state index in [4.69, 9.17) is 10.5 Å². The predicted octanol–water partition coefficient (Wildman–Crippen LogP) is 1.66.